The number of aromatic nitrogens is 1. The van der Waals surface area contributed by atoms with Crippen molar-refractivity contribution in [2.45, 2.75) is 51.3 Å². The maximum absolute atomic E-state index is 13.1. The fraction of sp³-hybridized carbons (Fsp3) is 0.379. The number of hydrogen-bond donors (Lipinski definition) is 1. The van der Waals surface area contributed by atoms with E-state index in [0.29, 0.717) is 13.1 Å². The van der Waals surface area contributed by atoms with Gasteiger partial charge in [0.2, 0.25) is 0 Å². The largest absolute Gasteiger partial charge is 0.493 e. The maximum atomic E-state index is 13.1. The van der Waals surface area contributed by atoms with Gasteiger partial charge in [0.25, 0.3) is 0 Å². The smallest absolute Gasteiger partial charge is 0.490 e. The van der Waals surface area contributed by atoms with Crippen LogP contribution in [0.3, 0.4) is 0 Å². The van der Waals surface area contributed by atoms with E-state index in [1.54, 1.807) is 23.0 Å². The van der Waals surface area contributed by atoms with Gasteiger partial charge >= 0.3 is 6.03 Å². The molecule has 1 fully saturated rings. The molecule has 0 saturated carbocycles. The lowest BCUT2D eigenvalue weighted by Crippen LogP contribution is -2.38. The first-order valence-corrected chi connectivity index (χ1v) is 13.6. The van der Waals surface area contributed by atoms with Crippen LogP contribution in [0.15, 0.2) is 47.6 Å². The van der Waals surface area contributed by atoms with Crippen LogP contribution in [0.2, 0.25) is 0 Å². The van der Waals surface area contributed by atoms with Gasteiger partial charge in [-0.2, -0.15) is 9.37 Å². The summed E-state index contributed by atoms with van der Waals surface area (Å²) < 4.78 is 7.60. The Bertz CT molecular complexity index is 1360. The van der Waals surface area contributed by atoms with Gasteiger partial charge in [0, 0.05) is 48.6 Å². The van der Waals surface area contributed by atoms with Gasteiger partial charge < -0.3 is 10.5 Å². The van der Waals surface area contributed by atoms with E-state index in [2.05, 4.69) is 42.0 Å². The van der Waals surface area contributed by atoms with Crippen LogP contribution in [0.4, 0.5) is 4.79 Å². The number of benzene rings is 2. The van der Waals surface area contributed by atoms with E-state index in [1.807, 2.05) is 37.2 Å². The van der Waals surface area contributed by atoms with Crippen LogP contribution >= 0.6 is 11.3 Å². The van der Waals surface area contributed by atoms with Crippen molar-refractivity contribution >= 4 is 30.3 Å². The SMILES string of the molecule is C=[N+](C(=O)N1CCC(N)C1)C1CCc2c(-c3cnc(-c4ccc(OC(C)C)c(C=NC)c4)s3)cccc21. The zero-order valence-electron chi connectivity index (χ0n) is 21.7. The minimum absolute atomic E-state index is 0.0314. The molecule has 192 valence electrons. The molecule has 2 heterocycles. The van der Waals surface area contributed by atoms with Crippen molar-refractivity contribution in [2.24, 2.45) is 10.7 Å². The third-order valence-corrected chi connectivity index (χ3v) is 8.09. The molecule has 2 unspecified atom stereocenters. The summed E-state index contributed by atoms with van der Waals surface area (Å²) in [4.78, 5) is 25.0. The Balaban J connectivity index is 1.41. The van der Waals surface area contributed by atoms with Gasteiger partial charge in [0.05, 0.1) is 24.2 Å². The second-order valence-corrected chi connectivity index (χ2v) is 11.0. The molecule has 2 aliphatic rings. The summed E-state index contributed by atoms with van der Waals surface area (Å²) in [6.07, 6.45) is 6.47. The first-order valence-electron chi connectivity index (χ1n) is 12.8. The number of carbonyl (C=O) groups excluding carboxylic acids is 1. The molecule has 1 aromatic heterocycles. The number of urea groups is 1. The van der Waals surface area contributed by atoms with E-state index in [9.17, 15) is 4.79 Å². The monoisotopic (exact) mass is 516 g/mol. The van der Waals surface area contributed by atoms with Crippen LogP contribution in [0.25, 0.3) is 21.0 Å². The van der Waals surface area contributed by atoms with Crippen LogP contribution in [-0.2, 0) is 6.42 Å². The van der Waals surface area contributed by atoms with Crippen molar-refractivity contribution in [1.82, 2.24) is 9.88 Å². The molecular weight excluding hydrogens is 482 g/mol. The van der Waals surface area contributed by atoms with E-state index >= 15 is 0 Å². The summed E-state index contributed by atoms with van der Waals surface area (Å²) in [6, 6.07) is 12.5. The lowest BCUT2D eigenvalue weighted by atomic mass is 10.0. The second kappa shape index (κ2) is 10.6. The zero-order valence-corrected chi connectivity index (χ0v) is 22.5. The number of rotatable bonds is 6. The predicted octanol–water partition coefficient (Wildman–Crippen LogP) is 5.17. The number of amides is 2. The first-order chi connectivity index (χ1) is 17.9. The van der Waals surface area contributed by atoms with Crippen molar-refractivity contribution in [2.75, 3.05) is 20.1 Å². The molecule has 0 spiro atoms. The van der Waals surface area contributed by atoms with Gasteiger partial charge in [0.15, 0.2) is 0 Å². The molecule has 3 aromatic rings. The third kappa shape index (κ3) is 5.08. The molecule has 7 nitrogen and oxygen atoms in total. The average Bonchev–Trinajstić information content (AvgIpc) is 3.63. The molecule has 2 atom stereocenters. The van der Waals surface area contributed by atoms with E-state index < -0.39 is 0 Å². The number of nitrogens with two attached hydrogens (primary N) is 1. The number of fused-ring (bicyclic) bond motifs is 1. The number of ether oxygens (including phenoxy) is 1. The molecule has 2 aromatic carbocycles. The Hall–Kier alpha value is -3.36. The van der Waals surface area contributed by atoms with E-state index in [-0.39, 0.29) is 24.2 Å². The standard InChI is InChI=1S/C29H34N5O2S/c1-18(2)36-26-11-8-19(14-20(26)15-31-3)28-32-16-27(37-28)24-7-5-6-23-22(24)9-10-25(23)33(4)29(35)34-13-12-21(30)17-34/h5-8,11,14-16,18,21,25H,4,9-10,12-13,17,30H2,1-3H3/q+1. The topological polar surface area (TPSA) is 83.8 Å². The lowest BCUT2D eigenvalue weighted by molar-refractivity contribution is -0.477. The van der Waals surface area contributed by atoms with Gasteiger partial charge in [-0.3, -0.25) is 4.99 Å². The minimum Gasteiger partial charge on any atom is -0.490 e. The summed E-state index contributed by atoms with van der Waals surface area (Å²) in [5.74, 6) is 0.816. The minimum atomic E-state index is -0.0346. The summed E-state index contributed by atoms with van der Waals surface area (Å²) in [6.45, 7) is 9.49. The average molecular weight is 517 g/mol. The van der Waals surface area contributed by atoms with Gasteiger partial charge in [-0.15, -0.1) is 11.3 Å². The summed E-state index contributed by atoms with van der Waals surface area (Å²) >= 11 is 1.67. The van der Waals surface area contributed by atoms with Crippen LogP contribution in [0.1, 0.15) is 49.4 Å². The van der Waals surface area contributed by atoms with Crippen molar-refractivity contribution in [3.63, 3.8) is 0 Å². The highest BCUT2D eigenvalue weighted by atomic mass is 32.1. The number of thiazole rings is 1. The van der Waals surface area contributed by atoms with E-state index in [0.717, 1.165) is 46.0 Å². The van der Waals surface area contributed by atoms with Crippen molar-refractivity contribution < 1.29 is 14.1 Å². The lowest BCUT2D eigenvalue weighted by Gasteiger charge is -2.16. The normalized spacial score (nSPS) is 19.1. The highest BCUT2D eigenvalue weighted by molar-refractivity contribution is 7.18. The summed E-state index contributed by atoms with van der Waals surface area (Å²) in [5, 5.41) is 0.948. The number of hydrogen-bond acceptors (Lipinski definition) is 6. The van der Waals surface area contributed by atoms with Gasteiger partial charge in [0.1, 0.15) is 23.3 Å². The number of likely N-dealkylation sites (tertiary alicyclic amines) is 1. The number of aliphatic imine (C=N–C) groups is 1. The first kappa shape index (κ1) is 25.3. The molecule has 2 amide bonds. The Morgan fingerprint density at radius 3 is 2.89 bits per heavy atom. The molecule has 1 aliphatic heterocycles. The van der Waals surface area contributed by atoms with Crippen LogP contribution < -0.4 is 10.5 Å². The van der Waals surface area contributed by atoms with Crippen molar-refractivity contribution in [1.29, 1.82) is 0 Å². The quantitative estimate of drug-likeness (QED) is 0.362. The fourth-order valence-corrected chi connectivity index (χ4v) is 6.24. The van der Waals surface area contributed by atoms with Gasteiger partial charge in [-0.25, -0.2) is 9.88 Å². The molecule has 1 aliphatic carbocycles. The number of carbonyl (C=O) groups is 1. The third-order valence-electron chi connectivity index (χ3n) is 7.01. The van der Waals surface area contributed by atoms with Crippen molar-refractivity contribution in [3.05, 3.63) is 59.3 Å². The maximum Gasteiger partial charge on any atom is 0.493 e. The molecular formula is C29H34N5O2S+. The Labute approximate surface area is 222 Å². The van der Waals surface area contributed by atoms with Crippen molar-refractivity contribution in [3.8, 4) is 26.8 Å². The van der Waals surface area contributed by atoms with Gasteiger partial charge in [-0.05, 0) is 56.0 Å². The van der Waals surface area contributed by atoms with Crippen LogP contribution in [0, 0.1) is 0 Å². The highest BCUT2D eigenvalue weighted by Crippen LogP contribution is 2.42. The van der Waals surface area contributed by atoms with E-state index in [4.69, 9.17) is 15.5 Å². The summed E-state index contributed by atoms with van der Waals surface area (Å²) in [5.41, 5.74) is 11.6. The molecule has 37 heavy (non-hydrogen) atoms. The molecule has 0 bridgehead atoms. The predicted molar refractivity (Wildman–Crippen MR) is 150 cm³/mol. The Morgan fingerprint density at radius 2 is 2.16 bits per heavy atom. The fourth-order valence-electron chi connectivity index (χ4n) is 5.28. The van der Waals surface area contributed by atoms with Crippen LogP contribution in [-0.4, -0.2) is 65.7 Å². The molecule has 5 rings (SSSR count). The van der Waals surface area contributed by atoms with Crippen LogP contribution in [0.5, 0.6) is 5.75 Å². The van der Waals surface area contributed by atoms with E-state index in [1.165, 1.54) is 16.7 Å². The molecule has 2 N–H and O–H groups in total. The number of nitrogens with zero attached hydrogens (tertiary/aromatic N) is 4. The van der Waals surface area contributed by atoms with Gasteiger partial charge in [-0.1, -0.05) is 18.2 Å². The zero-order chi connectivity index (χ0) is 26.1. The Kier molecular flexibility index (Phi) is 7.22. The highest BCUT2D eigenvalue weighted by Gasteiger charge is 2.38. The molecule has 8 heteroatoms. The molecule has 0 radical (unpaired) electrons. The second-order valence-electron chi connectivity index (χ2n) is 10.0. The molecule has 1 saturated heterocycles. The summed E-state index contributed by atoms with van der Waals surface area (Å²) in [7, 11) is 1.76. The Morgan fingerprint density at radius 1 is 1.32 bits per heavy atom.